The highest BCUT2D eigenvalue weighted by Gasteiger charge is 2.17. The number of hydrogen-bond donors (Lipinski definition) is 3. The lowest BCUT2D eigenvalue weighted by Gasteiger charge is -2.14. The fourth-order valence-corrected chi connectivity index (χ4v) is 1.77. The van der Waals surface area contributed by atoms with Crippen molar-refractivity contribution in [3.05, 3.63) is 16.1 Å². The highest BCUT2D eigenvalue weighted by Crippen LogP contribution is 2.42. The van der Waals surface area contributed by atoms with Crippen molar-refractivity contribution < 1.29 is 19.8 Å². The Morgan fingerprint density at radius 2 is 2.07 bits per heavy atom. The molecule has 84 valence electrons. The third-order valence-corrected chi connectivity index (χ3v) is 2.66. The maximum atomic E-state index is 9.83. The van der Waals surface area contributed by atoms with Crippen LogP contribution in [0.25, 0.3) is 0 Å². The third-order valence-electron chi connectivity index (χ3n) is 1.95. The molecule has 0 unspecified atom stereocenters. The van der Waals surface area contributed by atoms with Gasteiger partial charge in [0.25, 0.3) is 0 Å². The van der Waals surface area contributed by atoms with Crippen LogP contribution >= 0.6 is 15.9 Å². The van der Waals surface area contributed by atoms with Gasteiger partial charge in [-0.15, -0.1) is 0 Å². The van der Waals surface area contributed by atoms with Crippen molar-refractivity contribution in [2.24, 2.45) is 0 Å². The molecule has 6 heteroatoms. The van der Waals surface area contributed by atoms with Gasteiger partial charge in [0, 0.05) is 10.0 Å². The monoisotopic (exact) mass is 277 g/mol. The SMILES string of the molecule is COc1cc(Br)c(CNO)c(O)c1OC. The molecule has 1 aromatic rings. The summed E-state index contributed by atoms with van der Waals surface area (Å²) in [5, 5.41) is 18.4. The minimum absolute atomic E-state index is 0.0646. The number of benzene rings is 1. The van der Waals surface area contributed by atoms with Crippen molar-refractivity contribution in [1.29, 1.82) is 0 Å². The number of hydroxylamine groups is 1. The standard InChI is InChI=1S/C9H12BrNO4/c1-14-7-3-6(10)5(4-11-13)8(12)9(7)15-2/h3,11-13H,4H2,1-2H3. The zero-order valence-corrected chi connectivity index (χ0v) is 9.96. The Balaban J connectivity index is 3.31. The summed E-state index contributed by atoms with van der Waals surface area (Å²) in [4.78, 5) is 0. The summed E-state index contributed by atoms with van der Waals surface area (Å²) in [6.45, 7) is 0.104. The molecule has 0 amide bonds. The molecule has 0 radical (unpaired) electrons. The molecule has 0 spiro atoms. The van der Waals surface area contributed by atoms with Gasteiger partial charge < -0.3 is 19.8 Å². The number of nitrogens with one attached hydrogen (secondary N) is 1. The highest BCUT2D eigenvalue weighted by atomic mass is 79.9. The largest absolute Gasteiger partial charge is 0.504 e. The van der Waals surface area contributed by atoms with Crippen LogP contribution in [-0.4, -0.2) is 24.5 Å². The molecule has 0 aromatic heterocycles. The maximum absolute atomic E-state index is 9.83. The van der Waals surface area contributed by atoms with Gasteiger partial charge in [-0.3, -0.25) is 0 Å². The zero-order valence-electron chi connectivity index (χ0n) is 8.37. The second kappa shape index (κ2) is 5.20. The summed E-state index contributed by atoms with van der Waals surface area (Å²) in [6.07, 6.45) is 0. The van der Waals surface area contributed by atoms with Crippen molar-refractivity contribution in [2.75, 3.05) is 14.2 Å². The molecule has 0 fully saturated rings. The van der Waals surface area contributed by atoms with Crippen molar-refractivity contribution in [2.45, 2.75) is 6.54 Å². The molecule has 0 saturated heterocycles. The van der Waals surface area contributed by atoms with E-state index in [9.17, 15) is 5.11 Å². The van der Waals surface area contributed by atoms with E-state index in [-0.39, 0.29) is 18.0 Å². The minimum Gasteiger partial charge on any atom is -0.504 e. The molecule has 1 aromatic carbocycles. The van der Waals surface area contributed by atoms with Gasteiger partial charge in [0.2, 0.25) is 5.75 Å². The van der Waals surface area contributed by atoms with Gasteiger partial charge in [0.1, 0.15) is 0 Å². The quantitative estimate of drug-likeness (QED) is 0.730. The average molecular weight is 278 g/mol. The molecule has 15 heavy (non-hydrogen) atoms. The summed E-state index contributed by atoms with van der Waals surface area (Å²) in [7, 11) is 2.91. The second-order valence-corrected chi connectivity index (χ2v) is 3.61. The number of methoxy groups -OCH3 is 2. The zero-order chi connectivity index (χ0) is 11.4. The Bertz CT molecular complexity index is 356. The first-order valence-electron chi connectivity index (χ1n) is 4.15. The third kappa shape index (κ3) is 2.34. The number of phenols is 1. The van der Waals surface area contributed by atoms with Crippen LogP contribution in [-0.2, 0) is 6.54 Å². The summed E-state index contributed by atoms with van der Waals surface area (Å²) in [5.74, 6) is 0.597. The van der Waals surface area contributed by atoms with E-state index >= 15 is 0 Å². The number of ether oxygens (including phenoxy) is 2. The Kier molecular flexibility index (Phi) is 4.19. The van der Waals surface area contributed by atoms with E-state index in [1.807, 2.05) is 5.48 Å². The summed E-state index contributed by atoms with van der Waals surface area (Å²) < 4.78 is 10.7. The van der Waals surface area contributed by atoms with E-state index in [1.54, 1.807) is 6.07 Å². The van der Waals surface area contributed by atoms with Gasteiger partial charge in [-0.1, -0.05) is 15.9 Å². The second-order valence-electron chi connectivity index (χ2n) is 2.76. The normalized spacial score (nSPS) is 10.1. The number of phenolic OH excluding ortho intramolecular Hbond substituents is 1. The highest BCUT2D eigenvalue weighted by molar-refractivity contribution is 9.10. The summed E-state index contributed by atoms with van der Waals surface area (Å²) >= 11 is 3.26. The van der Waals surface area contributed by atoms with Gasteiger partial charge in [-0.2, -0.15) is 0 Å². The molecule has 0 atom stereocenters. The Morgan fingerprint density at radius 3 is 2.53 bits per heavy atom. The average Bonchev–Trinajstić information content (AvgIpc) is 2.23. The molecule has 0 heterocycles. The van der Waals surface area contributed by atoms with Gasteiger partial charge in [0.05, 0.1) is 20.8 Å². The van der Waals surface area contributed by atoms with E-state index in [4.69, 9.17) is 14.7 Å². The predicted octanol–water partition coefficient (Wildman–Crippen LogP) is 1.65. The lowest BCUT2D eigenvalue weighted by Crippen LogP contribution is -2.07. The van der Waals surface area contributed by atoms with E-state index in [1.165, 1.54) is 14.2 Å². The molecule has 1 rings (SSSR count). The fourth-order valence-electron chi connectivity index (χ4n) is 1.23. The molecule has 3 N–H and O–H groups in total. The lowest BCUT2D eigenvalue weighted by atomic mass is 10.1. The number of aromatic hydroxyl groups is 1. The molecule has 0 bridgehead atoms. The molecule has 0 aliphatic carbocycles. The first-order valence-corrected chi connectivity index (χ1v) is 4.94. The van der Waals surface area contributed by atoms with Gasteiger partial charge in [0.15, 0.2) is 11.5 Å². The maximum Gasteiger partial charge on any atom is 0.203 e. The summed E-state index contributed by atoms with van der Waals surface area (Å²) in [6, 6.07) is 1.66. The van der Waals surface area contributed by atoms with Gasteiger partial charge in [-0.25, -0.2) is 5.48 Å². The smallest absolute Gasteiger partial charge is 0.203 e. The minimum atomic E-state index is -0.0646. The van der Waals surface area contributed by atoms with Crippen LogP contribution in [0, 0.1) is 0 Å². The first kappa shape index (κ1) is 12.1. The van der Waals surface area contributed by atoms with Gasteiger partial charge in [-0.05, 0) is 6.07 Å². The molecule has 0 aliphatic heterocycles. The first-order chi connectivity index (χ1) is 7.15. The Labute approximate surface area is 95.7 Å². The van der Waals surface area contributed by atoms with Crippen LogP contribution in [0.2, 0.25) is 0 Å². The van der Waals surface area contributed by atoms with E-state index < -0.39 is 0 Å². The Hall–Kier alpha value is -0.980. The van der Waals surface area contributed by atoms with Crippen LogP contribution in [0.4, 0.5) is 0 Å². The fraction of sp³-hybridized carbons (Fsp3) is 0.333. The predicted molar refractivity (Wildman–Crippen MR) is 57.5 cm³/mol. The van der Waals surface area contributed by atoms with Crippen molar-refractivity contribution >= 4 is 15.9 Å². The van der Waals surface area contributed by atoms with E-state index in [0.717, 1.165) is 0 Å². The van der Waals surface area contributed by atoms with E-state index in [2.05, 4.69) is 15.9 Å². The number of hydrogen-bond acceptors (Lipinski definition) is 5. The molecule has 0 saturated carbocycles. The molecule has 5 nitrogen and oxygen atoms in total. The molecular weight excluding hydrogens is 266 g/mol. The molecular formula is C9H12BrNO4. The van der Waals surface area contributed by atoms with Crippen LogP contribution in [0.3, 0.4) is 0 Å². The number of halogens is 1. The lowest BCUT2D eigenvalue weighted by molar-refractivity contribution is 0.159. The molecule has 0 aliphatic rings. The summed E-state index contributed by atoms with van der Waals surface area (Å²) in [5.41, 5.74) is 2.46. The van der Waals surface area contributed by atoms with Crippen molar-refractivity contribution in [3.8, 4) is 17.2 Å². The topological polar surface area (TPSA) is 71.0 Å². The van der Waals surface area contributed by atoms with Crippen LogP contribution in [0.1, 0.15) is 5.56 Å². The van der Waals surface area contributed by atoms with Crippen LogP contribution < -0.4 is 15.0 Å². The Morgan fingerprint density at radius 1 is 1.40 bits per heavy atom. The number of rotatable bonds is 4. The van der Waals surface area contributed by atoms with E-state index in [0.29, 0.717) is 15.8 Å². The van der Waals surface area contributed by atoms with Crippen molar-refractivity contribution in [3.63, 3.8) is 0 Å². The van der Waals surface area contributed by atoms with Crippen LogP contribution in [0.15, 0.2) is 10.5 Å². The van der Waals surface area contributed by atoms with Crippen molar-refractivity contribution in [1.82, 2.24) is 5.48 Å². The van der Waals surface area contributed by atoms with Gasteiger partial charge >= 0.3 is 0 Å². The van der Waals surface area contributed by atoms with Crippen LogP contribution in [0.5, 0.6) is 17.2 Å².